The van der Waals surface area contributed by atoms with Crippen LogP contribution in [0.1, 0.15) is 51.2 Å². The van der Waals surface area contributed by atoms with Crippen molar-refractivity contribution in [3.05, 3.63) is 104 Å². The number of methoxy groups -OCH3 is 3. The number of aliphatic imine (C=N–C) groups is 2. The third kappa shape index (κ3) is 6.36. The molecule has 53 heavy (non-hydrogen) atoms. The number of nitrogens with one attached hydrogen (secondary N) is 2. The van der Waals surface area contributed by atoms with Gasteiger partial charge in [-0.3, -0.25) is 19.4 Å². The minimum atomic E-state index is -1.18. The zero-order valence-corrected chi connectivity index (χ0v) is 31.0. The fourth-order valence-electron chi connectivity index (χ4n) is 8.02. The molecule has 276 valence electrons. The van der Waals surface area contributed by atoms with Crippen LogP contribution in [0, 0.1) is 24.2 Å². The summed E-state index contributed by atoms with van der Waals surface area (Å²) in [7, 11) is 3.91. The number of ether oxygens (including phenoxy) is 3. The second kappa shape index (κ2) is 14.3. The highest BCUT2D eigenvalue weighted by atomic mass is 16.5. The number of esters is 3. The fourth-order valence-corrected chi connectivity index (χ4v) is 8.02. The van der Waals surface area contributed by atoms with Crippen LogP contribution in [0.4, 0.5) is 0 Å². The molecule has 5 aliphatic rings. The Bertz CT molecular complexity index is 2240. The maximum atomic E-state index is 13.7. The normalized spacial score (nSPS) is 27.5. The molecular weight excluding hydrogens is 676 g/mol. The van der Waals surface area contributed by atoms with Crippen molar-refractivity contribution in [3.8, 4) is 0 Å². The number of allylic oxidation sites excluding steroid dienone is 7. The van der Waals surface area contributed by atoms with Gasteiger partial charge >= 0.3 is 23.9 Å². The SMILES string of the molecule is C=CC1=C(C)C2=NC/1=C\C1NC(=C(CCC(=O)OC)C1C)/C=c1\[nH]/c(c(C)c1CCC(=O)O)=C\C1=NC(=C\2)/C2=CC=C(C(=O)OC)[C@@H](C(=O)OC)[C@]21C. The molecule has 0 aromatic carbocycles. The number of hydrogen-bond acceptors (Lipinski definition) is 10. The molecule has 12 heteroatoms. The van der Waals surface area contributed by atoms with Crippen LogP contribution < -0.4 is 16.0 Å². The molecule has 5 heterocycles. The number of aromatic nitrogens is 1. The van der Waals surface area contributed by atoms with E-state index < -0.39 is 29.2 Å². The Morgan fingerprint density at radius 3 is 2.38 bits per heavy atom. The van der Waals surface area contributed by atoms with Crippen LogP contribution in [0.3, 0.4) is 0 Å². The van der Waals surface area contributed by atoms with Gasteiger partial charge in [0.25, 0.3) is 0 Å². The number of carboxylic acids is 1. The van der Waals surface area contributed by atoms with Crippen molar-refractivity contribution in [1.29, 1.82) is 0 Å². The second-order valence-electron chi connectivity index (χ2n) is 13.9. The molecule has 8 bridgehead atoms. The molecule has 1 aromatic rings. The number of aromatic amines is 1. The van der Waals surface area contributed by atoms with Crippen LogP contribution >= 0.6 is 0 Å². The Morgan fingerprint density at radius 2 is 1.72 bits per heavy atom. The van der Waals surface area contributed by atoms with Crippen LogP contribution in [0.25, 0.3) is 12.2 Å². The summed E-state index contributed by atoms with van der Waals surface area (Å²) in [4.78, 5) is 64.7. The van der Waals surface area contributed by atoms with Gasteiger partial charge < -0.3 is 29.6 Å². The van der Waals surface area contributed by atoms with Crippen molar-refractivity contribution in [3.63, 3.8) is 0 Å². The Hall–Kier alpha value is -5.78. The molecular formula is C41H44N4O8. The number of H-pyrrole nitrogens is 1. The van der Waals surface area contributed by atoms with E-state index in [9.17, 15) is 24.3 Å². The van der Waals surface area contributed by atoms with Gasteiger partial charge in [0.15, 0.2) is 0 Å². The van der Waals surface area contributed by atoms with Crippen molar-refractivity contribution in [1.82, 2.24) is 10.3 Å². The number of aliphatic carboxylic acids is 1. The van der Waals surface area contributed by atoms with E-state index in [-0.39, 0.29) is 42.8 Å². The lowest BCUT2D eigenvalue weighted by Gasteiger charge is -2.37. The van der Waals surface area contributed by atoms with Gasteiger partial charge in [0.1, 0.15) is 5.92 Å². The Labute approximate surface area is 307 Å². The van der Waals surface area contributed by atoms with Crippen LogP contribution in [0.5, 0.6) is 0 Å². The molecule has 0 spiro atoms. The molecule has 4 atom stereocenters. The third-order valence-electron chi connectivity index (χ3n) is 11.1. The number of carboxylic acid groups (broad SMARTS) is 1. The first kappa shape index (κ1) is 37.0. The summed E-state index contributed by atoms with van der Waals surface area (Å²) >= 11 is 0. The van der Waals surface area contributed by atoms with Gasteiger partial charge in [-0.2, -0.15) is 0 Å². The highest BCUT2D eigenvalue weighted by Gasteiger charge is 2.55. The van der Waals surface area contributed by atoms with Crippen molar-refractivity contribution in [2.24, 2.45) is 27.2 Å². The van der Waals surface area contributed by atoms with Crippen molar-refractivity contribution >= 4 is 47.5 Å². The van der Waals surface area contributed by atoms with Crippen molar-refractivity contribution < 1.29 is 38.5 Å². The molecule has 0 saturated heterocycles. The van der Waals surface area contributed by atoms with Gasteiger partial charge in [0, 0.05) is 40.7 Å². The van der Waals surface area contributed by atoms with E-state index in [1.807, 2.05) is 39.0 Å². The summed E-state index contributed by atoms with van der Waals surface area (Å²) in [5.74, 6) is -3.66. The predicted molar refractivity (Wildman–Crippen MR) is 200 cm³/mol. The molecule has 2 unspecified atom stereocenters. The molecule has 1 aliphatic carbocycles. The second-order valence-corrected chi connectivity index (χ2v) is 13.9. The van der Waals surface area contributed by atoms with Gasteiger partial charge in [-0.25, -0.2) is 9.79 Å². The topological polar surface area (TPSA) is 169 Å². The van der Waals surface area contributed by atoms with Crippen molar-refractivity contribution in [2.45, 2.75) is 59.4 Å². The smallest absolute Gasteiger partial charge is 0.334 e. The quantitative estimate of drug-likeness (QED) is 0.254. The molecule has 3 N–H and O–H groups in total. The largest absolute Gasteiger partial charge is 0.481 e. The van der Waals surface area contributed by atoms with Gasteiger partial charge in [0.05, 0.1) is 61.2 Å². The third-order valence-corrected chi connectivity index (χ3v) is 11.1. The summed E-state index contributed by atoms with van der Waals surface area (Å²) in [6.07, 6.45) is 13.7. The molecule has 4 aliphatic heterocycles. The van der Waals surface area contributed by atoms with E-state index in [1.54, 1.807) is 18.2 Å². The Morgan fingerprint density at radius 1 is 0.962 bits per heavy atom. The lowest BCUT2D eigenvalue weighted by Crippen LogP contribution is -2.44. The van der Waals surface area contributed by atoms with E-state index in [4.69, 9.17) is 24.2 Å². The van der Waals surface area contributed by atoms with Crippen LogP contribution in [0.15, 0.2) is 91.9 Å². The average molecular weight is 721 g/mol. The molecule has 1 aromatic heterocycles. The first-order valence-corrected chi connectivity index (χ1v) is 17.5. The van der Waals surface area contributed by atoms with Crippen molar-refractivity contribution in [2.75, 3.05) is 21.3 Å². The summed E-state index contributed by atoms with van der Waals surface area (Å²) in [6, 6.07) is -0.192. The maximum absolute atomic E-state index is 13.7. The lowest BCUT2D eigenvalue weighted by atomic mass is 9.63. The Kier molecular flexibility index (Phi) is 10.0. The molecule has 0 amide bonds. The highest BCUT2D eigenvalue weighted by molar-refractivity contribution is 6.22. The number of hydrogen-bond donors (Lipinski definition) is 3. The van der Waals surface area contributed by atoms with E-state index in [2.05, 4.69) is 29.9 Å². The van der Waals surface area contributed by atoms with E-state index in [0.717, 1.165) is 39.2 Å². The summed E-state index contributed by atoms with van der Waals surface area (Å²) in [5.41, 5.74) is 7.29. The van der Waals surface area contributed by atoms with Crippen LogP contribution in [-0.4, -0.2) is 72.8 Å². The highest BCUT2D eigenvalue weighted by Crippen LogP contribution is 2.52. The zero-order valence-electron chi connectivity index (χ0n) is 31.0. The Balaban J connectivity index is 1.68. The summed E-state index contributed by atoms with van der Waals surface area (Å²) < 4.78 is 15.4. The summed E-state index contributed by atoms with van der Waals surface area (Å²) in [6.45, 7) is 11.9. The first-order chi connectivity index (χ1) is 25.3. The van der Waals surface area contributed by atoms with Gasteiger partial charge in [-0.15, -0.1) is 0 Å². The van der Waals surface area contributed by atoms with Gasteiger partial charge in [0.2, 0.25) is 0 Å². The minimum Gasteiger partial charge on any atom is -0.481 e. The monoisotopic (exact) mass is 720 g/mol. The number of carbonyl (C=O) groups is 4. The lowest BCUT2D eigenvalue weighted by molar-refractivity contribution is -0.149. The first-order valence-electron chi connectivity index (χ1n) is 17.5. The molecule has 6 rings (SSSR count). The van der Waals surface area contributed by atoms with Gasteiger partial charge in [-0.1, -0.05) is 31.7 Å². The standard InChI is InChI=1S/C41H44N4O8/c1-9-23-20(2)29-17-34-27-13-10-26(39(49)52-7)38(40(50)53-8)41(27,5)35(45-34)19-30-22(4)24(11-14-36(46)47)32(44-30)18-33-25(12-15-37(48)51-6)21(3)28(43-33)16-31(23)42-29/h9-10,13,16-19,21,28,38,43-44H,1,11-12,14-15H2,2-8H3,(H,46,47)/b30-19-,31-16-,32-18-,34-17-/t21?,28?,38-,41+/m0/s1. The van der Waals surface area contributed by atoms with Crippen LogP contribution in [0.2, 0.25) is 0 Å². The van der Waals surface area contributed by atoms with E-state index in [1.165, 1.54) is 21.3 Å². The predicted octanol–water partition coefficient (Wildman–Crippen LogP) is 3.74. The number of nitrogens with zero attached hydrogens (tertiary/aromatic N) is 2. The maximum Gasteiger partial charge on any atom is 0.334 e. The fraction of sp³-hybridized carbons (Fsp3) is 0.366. The molecule has 12 nitrogen and oxygen atoms in total. The van der Waals surface area contributed by atoms with Gasteiger partial charge in [-0.05, 0) is 85.8 Å². The molecule has 0 fully saturated rings. The minimum absolute atomic E-state index is 0.0247. The summed E-state index contributed by atoms with van der Waals surface area (Å²) in [5, 5.41) is 14.7. The van der Waals surface area contributed by atoms with E-state index >= 15 is 0 Å². The zero-order chi connectivity index (χ0) is 38.4. The molecule has 0 saturated carbocycles. The number of carbonyl (C=O) groups excluding carboxylic acids is 3. The molecule has 0 radical (unpaired) electrons. The number of fused-ring (bicyclic) bond motifs is 9. The van der Waals surface area contributed by atoms with Crippen LogP contribution in [-0.2, 0) is 39.8 Å². The van der Waals surface area contributed by atoms with E-state index in [0.29, 0.717) is 39.8 Å². The average Bonchev–Trinajstić information content (AvgIpc) is 3.79. The number of rotatable bonds is 9.